The molecule has 0 saturated carbocycles. The molecule has 44 heavy (non-hydrogen) atoms. The molecule has 7 aromatic carbocycles. The third kappa shape index (κ3) is 3.46. The number of para-hydroxylation sites is 2. The number of fused-ring (bicyclic) bond motifs is 6. The normalized spacial score (nSPS) is 17.6. The van der Waals surface area contributed by atoms with Gasteiger partial charge in [0.25, 0.3) is 0 Å². The predicted octanol–water partition coefficient (Wildman–Crippen LogP) is 11.0. The monoisotopic (exact) mass is 573 g/mol. The van der Waals surface area contributed by atoms with E-state index >= 15 is 0 Å². The van der Waals surface area contributed by atoms with Crippen LogP contribution in [0.15, 0.2) is 145 Å². The van der Waals surface area contributed by atoms with Crippen LogP contribution in [-0.2, 0) is 5.41 Å². The summed E-state index contributed by atoms with van der Waals surface area (Å²) in [4.78, 5) is 4.90. The Morgan fingerprint density at radius 3 is 2.00 bits per heavy atom. The molecule has 0 atom stereocenters. The molecular formula is C42H30N2. The fourth-order valence-corrected chi connectivity index (χ4v) is 6.87. The van der Waals surface area contributed by atoms with Gasteiger partial charge in [0.2, 0.25) is 0 Å². The summed E-state index contributed by atoms with van der Waals surface area (Å²) in [6.07, 6.45) is 0. The van der Waals surface area contributed by atoms with Crippen molar-refractivity contribution in [2.45, 2.75) is 19.1 Å². The second-order valence-corrected chi connectivity index (χ2v) is 11.1. The first-order valence-corrected chi connectivity index (χ1v) is 14.4. The highest BCUT2D eigenvalue weighted by atomic mass is 15.1. The summed E-state index contributed by atoms with van der Waals surface area (Å²) in [7, 11) is 0. The van der Waals surface area contributed by atoms with Gasteiger partial charge in [-0.1, -0.05) is 141 Å². The van der Waals surface area contributed by atoms with Crippen LogP contribution in [0.5, 0.6) is 0 Å². The number of hydrogen-bond donors (Lipinski definition) is 0. The summed E-state index contributed by atoms with van der Waals surface area (Å²) >= 11 is 0. The maximum absolute atomic E-state index is 8.90. The highest BCUT2D eigenvalue weighted by Crippen LogP contribution is 2.51. The van der Waals surface area contributed by atoms with Gasteiger partial charge in [0, 0.05) is 30.0 Å². The Kier molecular flexibility index (Phi) is 3.45. The average Bonchev–Trinajstić information content (AvgIpc) is 3.69. The molecule has 8 aromatic rings. The highest BCUT2D eigenvalue weighted by Gasteiger charge is 2.35. The summed E-state index contributed by atoms with van der Waals surface area (Å²) in [5.41, 5.74) is 2.56. The van der Waals surface area contributed by atoms with E-state index in [1.807, 2.05) is 89.5 Å². The van der Waals surface area contributed by atoms with Gasteiger partial charge in [0.05, 0.1) is 23.6 Å². The molecular weight excluding hydrogens is 532 g/mol. The van der Waals surface area contributed by atoms with Gasteiger partial charge in [0.1, 0.15) is 5.82 Å². The number of benzene rings is 7. The molecule has 2 nitrogen and oxygen atoms in total. The van der Waals surface area contributed by atoms with Crippen molar-refractivity contribution in [3.8, 4) is 39.3 Å². The van der Waals surface area contributed by atoms with E-state index in [0.29, 0.717) is 33.4 Å². The zero-order valence-corrected chi connectivity index (χ0v) is 23.4. The molecule has 1 heterocycles. The molecule has 0 aliphatic heterocycles. The molecule has 0 amide bonds. The molecule has 1 aliphatic carbocycles. The van der Waals surface area contributed by atoms with Crippen LogP contribution < -0.4 is 0 Å². The van der Waals surface area contributed by atoms with E-state index in [2.05, 4.69) is 0 Å². The number of aromatic nitrogens is 2. The molecule has 0 unspecified atom stereocenters. The molecule has 9 rings (SSSR count). The fourth-order valence-electron chi connectivity index (χ4n) is 6.87. The summed E-state index contributed by atoms with van der Waals surface area (Å²) in [6.45, 7) is -5.84. The van der Waals surface area contributed by atoms with E-state index in [0.717, 1.165) is 27.1 Å². The molecule has 0 spiro atoms. The van der Waals surface area contributed by atoms with Crippen molar-refractivity contribution in [3.63, 3.8) is 0 Å². The van der Waals surface area contributed by atoms with Crippen molar-refractivity contribution in [1.82, 2.24) is 9.55 Å². The second kappa shape index (κ2) is 9.26. The third-order valence-electron chi connectivity index (χ3n) is 8.74. The lowest BCUT2D eigenvalue weighted by Gasteiger charge is -2.23. The van der Waals surface area contributed by atoms with Crippen LogP contribution in [0.3, 0.4) is 0 Å². The van der Waals surface area contributed by atoms with Gasteiger partial charge in [0.15, 0.2) is 0 Å². The lowest BCUT2D eigenvalue weighted by Crippen LogP contribution is -2.14. The first-order valence-electron chi connectivity index (χ1n) is 19.9. The summed E-state index contributed by atoms with van der Waals surface area (Å²) in [5.74, 6) is 0.177. The Bertz CT molecular complexity index is 2820. The molecule has 0 N–H and O–H groups in total. The molecule has 208 valence electrons. The number of rotatable bonds is 3. The predicted molar refractivity (Wildman–Crippen MR) is 185 cm³/mol. The van der Waals surface area contributed by atoms with Crippen LogP contribution in [0.2, 0.25) is 0 Å². The zero-order valence-electron chi connectivity index (χ0n) is 34.4. The van der Waals surface area contributed by atoms with Crippen molar-refractivity contribution in [1.29, 1.82) is 0 Å². The van der Waals surface area contributed by atoms with E-state index in [-0.39, 0.29) is 34.6 Å². The average molecular weight is 574 g/mol. The van der Waals surface area contributed by atoms with E-state index < -0.39 is 37.2 Å². The van der Waals surface area contributed by atoms with Gasteiger partial charge in [-0.3, -0.25) is 4.57 Å². The maximum atomic E-state index is 8.90. The van der Waals surface area contributed by atoms with Gasteiger partial charge in [-0.25, -0.2) is 4.98 Å². The Hall–Kier alpha value is -5.47. The lowest BCUT2D eigenvalue weighted by molar-refractivity contribution is 0.660. The van der Waals surface area contributed by atoms with E-state index in [1.54, 1.807) is 30.3 Å². The van der Waals surface area contributed by atoms with Crippen molar-refractivity contribution < 1.29 is 15.1 Å². The molecule has 2 heteroatoms. The molecule has 1 aromatic heterocycles. The standard InChI is InChI=1S/C42H30N2/c1-42(2)35-21-11-10-16-29(35)30-25-24-28(26-36(30)42)39-31-17-6-8-19-33(31)40(34-20-9-7-18-32(34)39)44-38-23-13-12-22-37(38)43-41(44)27-14-4-3-5-15-27/h3-26H,1-2H3/i1D3,2D3,3D,4D,5D,14D,15D. The summed E-state index contributed by atoms with van der Waals surface area (Å²) in [5, 5.41) is 3.03. The first kappa shape index (κ1) is 16.4. The van der Waals surface area contributed by atoms with Crippen LogP contribution in [0.4, 0.5) is 0 Å². The topological polar surface area (TPSA) is 17.8 Å². The molecule has 0 bridgehead atoms. The number of imidazole rings is 1. The van der Waals surface area contributed by atoms with Gasteiger partial charge in [-0.2, -0.15) is 0 Å². The minimum atomic E-state index is -2.92. The van der Waals surface area contributed by atoms with Crippen LogP contribution in [0.25, 0.3) is 71.9 Å². The molecule has 0 radical (unpaired) electrons. The zero-order chi connectivity index (χ0) is 38.8. The third-order valence-corrected chi connectivity index (χ3v) is 8.74. The Balaban J connectivity index is 1.41. The smallest absolute Gasteiger partial charge is 0.145 e. The van der Waals surface area contributed by atoms with Crippen LogP contribution >= 0.6 is 0 Å². The summed E-state index contributed by atoms with van der Waals surface area (Å²) < 4.78 is 97.4. The SMILES string of the molecule is [2H]c1c([2H])c([2H])c(-c2nc3ccccc3n2-c2c3ccccc3c(-c3ccc4c(c3)C(C([2H])([2H])[2H])(C([2H])([2H])[2H])c3ccccc3-4)c3ccccc23)c([2H])c1[2H]. The van der Waals surface area contributed by atoms with Crippen LogP contribution in [0.1, 0.15) is 39.9 Å². The minimum Gasteiger partial charge on any atom is -0.291 e. The molecule has 0 saturated heterocycles. The second-order valence-electron chi connectivity index (χ2n) is 11.1. The Labute approximate surface area is 272 Å². The lowest BCUT2D eigenvalue weighted by atomic mass is 9.81. The van der Waals surface area contributed by atoms with Gasteiger partial charge >= 0.3 is 0 Å². The maximum Gasteiger partial charge on any atom is 0.145 e. The van der Waals surface area contributed by atoms with Crippen LogP contribution in [-0.4, -0.2) is 9.55 Å². The molecule has 0 fully saturated rings. The first-order chi connectivity index (χ1) is 26.2. The number of hydrogen-bond acceptors (Lipinski definition) is 1. The van der Waals surface area contributed by atoms with Crippen LogP contribution in [0, 0.1) is 0 Å². The van der Waals surface area contributed by atoms with E-state index in [4.69, 9.17) is 20.1 Å². The minimum absolute atomic E-state index is 0.0386. The Morgan fingerprint density at radius 2 is 1.25 bits per heavy atom. The largest absolute Gasteiger partial charge is 0.291 e. The van der Waals surface area contributed by atoms with Gasteiger partial charge in [-0.15, -0.1) is 0 Å². The van der Waals surface area contributed by atoms with Crippen molar-refractivity contribution >= 4 is 32.6 Å². The van der Waals surface area contributed by atoms with Gasteiger partial charge < -0.3 is 0 Å². The molecule has 1 aliphatic rings. The summed E-state index contributed by atoms with van der Waals surface area (Å²) in [6, 6.07) is 32.8. The van der Waals surface area contributed by atoms with Crippen molar-refractivity contribution in [2.75, 3.05) is 0 Å². The Morgan fingerprint density at radius 1 is 0.614 bits per heavy atom. The van der Waals surface area contributed by atoms with Crippen molar-refractivity contribution in [3.05, 3.63) is 157 Å². The van der Waals surface area contributed by atoms with E-state index in [9.17, 15) is 0 Å². The number of nitrogens with zero attached hydrogens (tertiary/aromatic N) is 2. The quantitative estimate of drug-likeness (QED) is 0.192. The van der Waals surface area contributed by atoms with Gasteiger partial charge in [-0.05, 0) is 62.4 Å². The van der Waals surface area contributed by atoms with Crippen molar-refractivity contribution in [2.24, 2.45) is 0 Å². The fraction of sp³-hybridized carbons (Fsp3) is 0.0714. The van der Waals surface area contributed by atoms with E-state index in [1.165, 1.54) is 0 Å². The highest BCUT2D eigenvalue weighted by molar-refractivity contribution is 6.19.